The molecule has 7 nitrogen and oxygen atoms in total. The van der Waals surface area contributed by atoms with E-state index in [0.29, 0.717) is 28.3 Å². The molecule has 2 aromatic carbocycles. The van der Waals surface area contributed by atoms with Gasteiger partial charge in [-0.3, -0.25) is 0 Å². The van der Waals surface area contributed by atoms with Gasteiger partial charge in [-0.25, -0.2) is 0 Å². The number of ether oxygens (including phenoxy) is 1. The molecule has 136 valence electrons. The molecule has 27 heavy (non-hydrogen) atoms. The predicted octanol–water partition coefficient (Wildman–Crippen LogP) is 0.000300. The molecule has 0 radical (unpaired) electrons. The summed E-state index contributed by atoms with van der Waals surface area (Å²) in [7, 11) is 0. The number of halogens is 1. The molecular weight excluding hydrogens is 455 g/mol. The standard InChI is InChI=1S/C19H16IN6O/c21-18-17-19(23-10-22-18)25(11-24-17)12-27-9-20-26-15-7-3-1-5-13(15)14-6-2-4-8-16(14)26/h1-8,10-11H,9,12H2,(H2,21,22,23)/q-1. The van der Waals surface area contributed by atoms with Gasteiger partial charge in [0.1, 0.15) is 0 Å². The van der Waals surface area contributed by atoms with Crippen LogP contribution in [0.2, 0.25) is 0 Å². The van der Waals surface area contributed by atoms with Crippen LogP contribution in [-0.4, -0.2) is 26.9 Å². The quantitative estimate of drug-likeness (QED) is 0.222. The van der Waals surface area contributed by atoms with Crippen LogP contribution in [0.25, 0.3) is 33.0 Å². The molecule has 5 aromatic rings. The molecule has 0 aliphatic rings. The van der Waals surface area contributed by atoms with Crippen molar-refractivity contribution in [1.29, 1.82) is 0 Å². The first-order valence-electron chi connectivity index (χ1n) is 8.40. The number of nitrogens with zero attached hydrogens (tertiary/aromatic N) is 5. The van der Waals surface area contributed by atoms with Crippen LogP contribution in [0.15, 0.2) is 61.2 Å². The number of benzene rings is 2. The monoisotopic (exact) mass is 471 g/mol. The number of hydrogen-bond acceptors (Lipinski definition) is 5. The van der Waals surface area contributed by atoms with Crippen molar-refractivity contribution >= 4 is 38.8 Å². The SMILES string of the molecule is Nc1ncnc2c1ncn2COC[I-]n1c2ccccc2c2ccccc21. The van der Waals surface area contributed by atoms with Crippen molar-refractivity contribution in [2.75, 3.05) is 10.3 Å². The number of fused-ring (bicyclic) bond motifs is 4. The van der Waals surface area contributed by atoms with Crippen molar-refractivity contribution in [2.24, 2.45) is 0 Å². The van der Waals surface area contributed by atoms with Crippen LogP contribution in [0.4, 0.5) is 5.82 Å². The molecule has 8 heteroatoms. The van der Waals surface area contributed by atoms with Gasteiger partial charge in [0.05, 0.1) is 0 Å². The normalized spacial score (nSPS) is 11.9. The van der Waals surface area contributed by atoms with Gasteiger partial charge in [0.25, 0.3) is 0 Å². The Kier molecular flexibility index (Phi) is 4.13. The molecule has 0 saturated heterocycles. The molecule has 0 fully saturated rings. The summed E-state index contributed by atoms with van der Waals surface area (Å²) < 4.78 is 10.9. The first kappa shape index (κ1) is 16.5. The summed E-state index contributed by atoms with van der Waals surface area (Å²) in [6.07, 6.45) is 3.13. The van der Waals surface area contributed by atoms with Crippen LogP contribution >= 0.6 is 0 Å². The van der Waals surface area contributed by atoms with E-state index in [1.807, 2.05) is 4.57 Å². The van der Waals surface area contributed by atoms with E-state index in [-0.39, 0.29) is 21.5 Å². The van der Waals surface area contributed by atoms with Crippen LogP contribution in [0.5, 0.6) is 0 Å². The summed E-state index contributed by atoms with van der Waals surface area (Å²) in [6.45, 7) is 0.393. The van der Waals surface area contributed by atoms with Gasteiger partial charge >= 0.3 is 166 Å². The van der Waals surface area contributed by atoms with E-state index in [2.05, 4.69) is 66.3 Å². The summed E-state index contributed by atoms with van der Waals surface area (Å²) >= 11 is -0.371. The van der Waals surface area contributed by atoms with Crippen LogP contribution in [0, 0.1) is 0 Å². The first-order chi connectivity index (χ1) is 13.3. The average molecular weight is 471 g/mol. The van der Waals surface area contributed by atoms with Gasteiger partial charge in [-0.2, -0.15) is 0 Å². The van der Waals surface area contributed by atoms with Gasteiger partial charge in [-0.1, -0.05) is 0 Å². The van der Waals surface area contributed by atoms with Crippen LogP contribution in [-0.2, 0) is 11.5 Å². The number of hydrogen-bond donors (Lipinski definition) is 1. The Balaban J connectivity index is 1.36. The van der Waals surface area contributed by atoms with E-state index in [0.717, 1.165) is 0 Å². The molecular formula is C19H16IN6O-. The van der Waals surface area contributed by atoms with Crippen molar-refractivity contribution in [3.05, 3.63) is 61.2 Å². The van der Waals surface area contributed by atoms with E-state index < -0.39 is 0 Å². The maximum atomic E-state index is 5.95. The molecule has 3 heterocycles. The second-order valence-corrected chi connectivity index (χ2v) is 8.29. The van der Waals surface area contributed by atoms with Crippen LogP contribution in [0.3, 0.4) is 0 Å². The topological polar surface area (TPSA) is 83.8 Å². The summed E-state index contributed by atoms with van der Waals surface area (Å²) in [5.41, 5.74) is 9.66. The second kappa shape index (κ2) is 6.78. The molecule has 0 amide bonds. The van der Waals surface area contributed by atoms with Crippen molar-refractivity contribution in [3.63, 3.8) is 0 Å². The fourth-order valence-electron chi connectivity index (χ4n) is 3.21. The second-order valence-electron chi connectivity index (χ2n) is 6.02. The number of anilines is 1. The van der Waals surface area contributed by atoms with Gasteiger partial charge in [0.15, 0.2) is 0 Å². The molecule has 0 spiro atoms. The van der Waals surface area contributed by atoms with Crippen molar-refractivity contribution in [2.45, 2.75) is 6.73 Å². The minimum absolute atomic E-state index is 0.371. The molecule has 2 N–H and O–H groups in total. The third-order valence-corrected chi connectivity index (χ3v) is 6.87. The Morgan fingerprint density at radius 3 is 2.37 bits per heavy atom. The number of para-hydroxylation sites is 2. The summed E-state index contributed by atoms with van der Waals surface area (Å²) in [5.74, 6) is 0.386. The number of nitrogens with two attached hydrogens (primary N) is 1. The first-order valence-corrected chi connectivity index (χ1v) is 10.9. The molecule has 0 atom stereocenters. The zero-order valence-electron chi connectivity index (χ0n) is 14.3. The van der Waals surface area contributed by atoms with E-state index in [1.54, 1.807) is 6.33 Å². The molecule has 0 unspecified atom stereocenters. The minimum atomic E-state index is -0.371. The number of imidazole rings is 1. The summed E-state index contributed by atoms with van der Waals surface area (Å²) in [5, 5.41) is 2.58. The Hall–Kier alpha value is -2.72. The Morgan fingerprint density at radius 2 is 1.63 bits per heavy atom. The van der Waals surface area contributed by atoms with E-state index >= 15 is 0 Å². The fraction of sp³-hybridized carbons (Fsp3) is 0.105. The van der Waals surface area contributed by atoms with Crippen molar-refractivity contribution in [3.8, 4) is 0 Å². The molecule has 5 rings (SSSR count). The molecule has 0 saturated carbocycles. The number of alkyl halides is 1. The van der Waals surface area contributed by atoms with Gasteiger partial charge in [0, 0.05) is 0 Å². The number of nitrogen functional groups attached to an aromatic ring is 1. The summed E-state index contributed by atoms with van der Waals surface area (Å²) in [4.78, 5) is 12.5. The van der Waals surface area contributed by atoms with Gasteiger partial charge in [0.2, 0.25) is 0 Å². The number of aromatic nitrogens is 5. The van der Waals surface area contributed by atoms with Crippen LogP contribution in [0.1, 0.15) is 0 Å². The zero-order chi connectivity index (χ0) is 18.2. The van der Waals surface area contributed by atoms with E-state index in [9.17, 15) is 0 Å². The van der Waals surface area contributed by atoms with Gasteiger partial charge < -0.3 is 0 Å². The third-order valence-electron chi connectivity index (χ3n) is 4.43. The Bertz CT molecular complexity index is 1210. The average Bonchev–Trinajstić information content (AvgIpc) is 3.26. The number of rotatable bonds is 5. The van der Waals surface area contributed by atoms with Crippen molar-refractivity contribution < 1.29 is 26.2 Å². The molecule has 0 aliphatic carbocycles. The Labute approximate surface area is 165 Å². The maximum absolute atomic E-state index is 5.95. The summed E-state index contributed by atoms with van der Waals surface area (Å²) in [6, 6.07) is 17.1. The van der Waals surface area contributed by atoms with Gasteiger partial charge in [-0.05, 0) is 0 Å². The molecule has 3 aromatic heterocycles. The fourth-order valence-corrected chi connectivity index (χ4v) is 5.46. The van der Waals surface area contributed by atoms with Crippen molar-refractivity contribution in [1.82, 2.24) is 22.3 Å². The van der Waals surface area contributed by atoms with Crippen LogP contribution < -0.4 is 27.2 Å². The Morgan fingerprint density at radius 1 is 0.926 bits per heavy atom. The van der Waals surface area contributed by atoms with E-state index in [1.165, 1.54) is 28.1 Å². The van der Waals surface area contributed by atoms with E-state index in [4.69, 9.17) is 10.5 Å². The zero-order valence-corrected chi connectivity index (χ0v) is 16.4. The predicted molar refractivity (Wildman–Crippen MR) is 101 cm³/mol. The molecule has 0 aliphatic heterocycles. The van der Waals surface area contributed by atoms with Gasteiger partial charge in [-0.15, -0.1) is 0 Å². The molecule has 0 bridgehead atoms. The third kappa shape index (κ3) is 2.81.